The zero-order chi connectivity index (χ0) is 26.1. The molecule has 0 saturated carbocycles. The molecule has 1 N–H and O–H groups in total. The van der Waals surface area contributed by atoms with Crippen LogP contribution in [0, 0.1) is 20.8 Å². The van der Waals surface area contributed by atoms with Crippen LogP contribution in [0.5, 0.6) is 5.75 Å². The van der Waals surface area contributed by atoms with Gasteiger partial charge in [-0.2, -0.15) is 0 Å². The smallest absolute Gasteiger partial charge is 0.308 e. The fraction of sp³-hybridized carbons (Fsp3) is 0.286. The van der Waals surface area contributed by atoms with Crippen LogP contribution in [0.1, 0.15) is 51.2 Å². The van der Waals surface area contributed by atoms with Crippen LogP contribution in [-0.4, -0.2) is 40.7 Å². The van der Waals surface area contributed by atoms with E-state index in [0.717, 1.165) is 50.2 Å². The van der Waals surface area contributed by atoms with E-state index in [1.165, 1.54) is 12.0 Å². The highest BCUT2D eigenvalue weighted by Crippen LogP contribution is 2.39. The van der Waals surface area contributed by atoms with Crippen LogP contribution in [0.25, 0.3) is 5.00 Å². The number of thiophene rings is 1. The molecule has 0 aliphatic carbocycles. The number of nitrogens with one attached hydrogen (secondary N) is 1. The third-order valence-electron chi connectivity index (χ3n) is 6.62. The highest BCUT2D eigenvalue weighted by molar-refractivity contribution is 7.15. The van der Waals surface area contributed by atoms with Crippen molar-refractivity contribution >= 4 is 28.7 Å². The lowest BCUT2D eigenvalue weighted by atomic mass is 9.99. The Hall–Kier alpha value is -3.98. The number of rotatable bonds is 7. The first-order valence-electron chi connectivity index (χ1n) is 12.0. The molecule has 5 rings (SSSR count). The van der Waals surface area contributed by atoms with Crippen molar-refractivity contribution in [2.45, 2.75) is 39.8 Å². The molecule has 3 heterocycles. The number of aromatic nitrogens is 3. The highest BCUT2D eigenvalue weighted by Gasteiger charge is 2.32. The predicted octanol–water partition coefficient (Wildman–Crippen LogP) is 5.33. The Bertz CT molecular complexity index is 1490. The van der Waals surface area contributed by atoms with Gasteiger partial charge in [-0.3, -0.25) is 14.4 Å². The third kappa shape index (κ3) is 4.74. The lowest BCUT2D eigenvalue weighted by Gasteiger charge is -2.13. The van der Waals surface area contributed by atoms with Crippen molar-refractivity contribution in [3.05, 3.63) is 87.3 Å². The summed E-state index contributed by atoms with van der Waals surface area (Å²) >= 11 is 1.69. The Kier molecular flexibility index (Phi) is 6.80. The van der Waals surface area contributed by atoms with Crippen molar-refractivity contribution in [1.29, 1.82) is 0 Å². The number of esters is 1. The van der Waals surface area contributed by atoms with E-state index in [1.807, 2.05) is 29.7 Å². The van der Waals surface area contributed by atoms with Crippen LogP contribution in [-0.2, 0) is 16.1 Å². The number of hydrogen-bond donors (Lipinski definition) is 1. The molecular weight excluding hydrogens is 486 g/mol. The van der Waals surface area contributed by atoms with Gasteiger partial charge in [0.1, 0.15) is 22.6 Å². The minimum atomic E-state index is -0.506. The van der Waals surface area contributed by atoms with Gasteiger partial charge in [-0.15, -0.1) is 21.5 Å². The molecule has 0 fully saturated rings. The van der Waals surface area contributed by atoms with E-state index in [0.29, 0.717) is 12.4 Å². The van der Waals surface area contributed by atoms with Crippen molar-refractivity contribution in [2.75, 3.05) is 19.5 Å². The van der Waals surface area contributed by atoms with E-state index < -0.39 is 6.04 Å². The first kappa shape index (κ1) is 24.7. The second-order valence-corrected chi connectivity index (χ2v) is 10.2. The maximum absolute atomic E-state index is 12.3. The zero-order valence-electron chi connectivity index (χ0n) is 21.5. The molecule has 0 spiro atoms. The van der Waals surface area contributed by atoms with Gasteiger partial charge in [-0.1, -0.05) is 24.3 Å². The number of hydrogen-bond acceptors (Lipinski definition) is 8. The van der Waals surface area contributed by atoms with Gasteiger partial charge in [0.2, 0.25) is 0 Å². The predicted molar refractivity (Wildman–Crippen MR) is 145 cm³/mol. The Morgan fingerprint density at radius 2 is 1.86 bits per heavy atom. The van der Waals surface area contributed by atoms with Crippen molar-refractivity contribution in [1.82, 2.24) is 14.8 Å². The molecule has 190 valence electrons. The minimum Gasteiger partial charge on any atom is -0.497 e. The Balaban J connectivity index is 1.51. The number of nitrogens with zero attached hydrogens (tertiary/aromatic N) is 4. The summed E-state index contributed by atoms with van der Waals surface area (Å²) in [5.41, 5.74) is 6.16. The topological polar surface area (TPSA) is 90.6 Å². The Labute approximate surface area is 220 Å². The molecule has 0 unspecified atom stereocenters. The van der Waals surface area contributed by atoms with Crippen molar-refractivity contribution in [3.8, 4) is 10.8 Å². The van der Waals surface area contributed by atoms with Crippen LogP contribution >= 0.6 is 11.3 Å². The number of methoxy groups -OCH3 is 2. The maximum Gasteiger partial charge on any atom is 0.308 e. The molecular formula is C28H29N5O3S. The Morgan fingerprint density at radius 3 is 2.59 bits per heavy atom. The molecule has 9 heteroatoms. The molecule has 37 heavy (non-hydrogen) atoms. The minimum absolute atomic E-state index is 0.0886. The number of carbonyl (C=O) groups excluding carboxylic acids is 1. The van der Waals surface area contributed by atoms with Gasteiger partial charge in [0.25, 0.3) is 0 Å². The van der Waals surface area contributed by atoms with Crippen LogP contribution in [0.15, 0.2) is 53.5 Å². The monoisotopic (exact) mass is 515 g/mol. The second kappa shape index (κ2) is 10.2. The molecule has 0 radical (unpaired) electrons. The van der Waals surface area contributed by atoms with Crippen molar-refractivity contribution in [2.24, 2.45) is 4.99 Å². The van der Waals surface area contributed by atoms with Gasteiger partial charge in [0.15, 0.2) is 5.82 Å². The van der Waals surface area contributed by atoms with Gasteiger partial charge < -0.3 is 14.8 Å². The maximum atomic E-state index is 12.3. The fourth-order valence-corrected chi connectivity index (χ4v) is 5.71. The van der Waals surface area contributed by atoms with Gasteiger partial charge in [-0.25, -0.2) is 0 Å². The SMILES string of the molecule is COC(=O)C[C@@H]1N=C(c2ccc(NCc3cccc(OC)c3)cc2)c2c(sc(C)c2C)-n2c(C)nnc21. The van der Waals surface area contributed by atoms with E-state index in [1.54, 1.807) is 18.4 Å². The summed E-state index contributed by atoms with van der Waals surface area (Å²) < 4.78 is 12.3. The van der Waals surface area contributed by atoms with Crippen LogP contribution in [0.2, 0.25) is 0 Å². The van der Waals surface area contributed by atoms with Gasteiger partial charge in [-0.05, 0) is 56.2 Å². The number of anilines is 1. The van der Waals surface area contributed by atoms with E-state index in [-0.39, 0.29) is 12.4 Å². The van der Waals surface area contributed by atoms with Crippen LogP contribution in [0.3, 0.4) is 0 Å². The quantitative estimate of drug-likeness (QED) is 0.335. The number of aryl methyl sites for hydroxylation is 2. The summed E-state index contributed by atoms with van der Waals surface area (Å²) in [5.74, 6) is 1.92. The van der Waals surface area contributed by atoms with E-state index in [2.05, 4.69) is 59.7 Å². The Morgan fingerprint density at radius 1 is 1.08 bits per heavy atom. The molecule has 1 atom stereocenters. The molecule has 0 amide bonds. The number of benzene rings is 2. The molecule has 1 aliphatic rings. The molecule has 1 aliphatic heterocycles. The number of ether oxygens (including phenoxy) is 2. The lowest BCUT2D eigenvalue weighted by Crippen LogP contribution is -2.12. The number of aliphatic imine (C=N–C) groups is 1. The van der Waals surface area contributed by atoms with Crippen molar-refractivity contribution < 1.29 is 14.3 Å². The summed E-state index contributed by atoms with van der Waals surface area (Å²) in [6.45, 7) is 6.83. The van der Waals surface area contributed by atoms with Crippen LogP contribution in [0.4, 0.5) is 5.69 Å². The van der Waals surface area contributed by atoms with E-state index in [9.17, 15) is 4.79 Å². The molecule has 8 nitrogen and oxygen atoms in total. The summed E-state index contributed by atoms with van der Waals surface area (Å²) in [7, 11) is 3.06. The summed E-state index contributed by atoms with van der Waals surface area (Å²) in [6, 6.07) is 15.7. The van der Waals surface area contributed by atoms with Gasteiger partial charge in [0, 0.05) is 28.2 Å². The third-order valence-corrected chi connectivity index (χ3v) is 7.81. The lowest BCUT2D eigenvalue weighted by molar-refractivity contribution is -0.141. The average molecular weight is 516 g/mol. The number of carbonyl (C=O) groups is 1. The van der Waals surface area contributed by atoms with Crippen molar-refractivity contribution in [3.63, 3.8) is 0 Å². The first-order chi connectivity index (χ1) is 17.9. The van der Waals surface area contributed by atoms with Gasteiger partial charge >= 0.3 is 5.97 Å². The average Bonchev–Trinajstić information content (AvgIpc) is 3.39. The summed E-state index contributed by atoms with van der Waals surface area (Å²) in [6.07, 6.45) is 0.0886. The standard InChI is InChI=1S/C28H29N5O3S/c1-16-17(2)37-28-25(16)26(30-23(14-24(34)36-5)27-32-31-18(3)33(27)28)20-9-11-21(12-10-20)29-15-19-7-6-8-22(13-19)35-4/h6-13,23,29H,14-15H2,1-5H3/t23-/m0/s1. The first-order valence-corrected chi connectivity index (χ1v) is 12.9. The molecule has 2 aromatic carbocycles. The molecule has 4 aromatic rings. The molecule has 2 aromatic heterocycles. The summed E-state index contributed by atoms with van der Waals surface area (Å²) in [5, 5.41) is 13.2. The molecule has 0 bridgehead atoms. The largest absolute Gasteiger partial charge is 0.497 e. The highest BCUT2D eigenvalue weighted by atomic mass is 32.1. The second-order valence-electron chi connectivity index (χ2n) is 8.96. The van der Waals surface area contributed by atoms with Crippen LogP contribution < -0.4 is 10.1 Å². The summed E-state index contributed by atoms with van der Waals surface area (Å²) in [4.78, 5) is 18.6. The fourth-order valence-electron chi connectivity index (χ4n) is 4.50. The van der Waals surface area contributed by atoms with Gasteiger partial charge in [0.05, 0.1) is 26.4 Å². The normalized spacial score (nSPS) is 14.3. The van der Waals surface area contributed by atoms with E-state index >= 15 is 0 Å². The zero-order valence-corrected chi connectivity index (χ0v) is 22.3. The number of fused-ring (bicyclic) bond motifs is 3. The molecule has 0 saturated heterocycles. The van der Waals surface area contributed by atoms with E-state index in [4.69, 9.17) is 14.5 Å².